The molecule has 0 amide bonds. The molecule has 0 heterocycles. The first-order valence-corrected chi connectivity index (χ1v) is 6.53. The van der Waals surface area contributed by atoms with E-state index in [0.717, 1.165) is 16.3 Å². The van der Waals surface area contributed by atoms with Crippen molar-refractivity contribution in [1.29, 1.82) is 0 Å². The van der Waals surface area contributed by atoms with E-state index in [1.165, 1.54) is 5.56 Å². The molecule has 0 aliphatic rings. The number of fused-ring (bicyclic) bond motifs is 1. The Morgan fingerprint density at radius 2 is 1.61 bits per heavy atom. The van der Waals surface area contributed by atoms with Crippen LogP contribution < -0.4 is 0 Å². The molecule has 0 aliphatic heterocycles. The lowest BCUT2D eigenvalue weighted by Gasteiger charge is -2.20. The summed E-state index contributed by atoms with van der Waals surface area (Å²) >= 11 is 0. The molecule has 0 spiro atoms. The smallest absolute Gasteiger partial charge is 0.127 e. The Hall–Kier alpha value is -1.37. The zero-order valence-electron chi connectivity index (χ0n) is 11.8. The van der Waals surface area contributed by atoms with Crippen LogP contribution in [0.3, 0.4) is 0 Å². The summed E-state index contributed by atoms with van der Waals surface area (Å²) in [4.78, 5) is 0. The standard InChI is InChI=1S/C17H21F/c1-11(2)15-9-12-6-7-14(17(3,4)5)8-13(12)10-16(15)18/h6-11H,1-5H3. The van der Waals surface area contributed by atoms with Crippen LogP contribution >= 0.6 is 0 Å². The van der Waals surface area contributed by atoms with Crippen molar-refractivity contribution < 1.29 is 4.39 Å². The van der Waals surface area contributed by atoms with Crippen LogP contribution in [0.4, 0.5) is 4.39 Å². The first-order valence-electron chi connectivity index (χ1n) is 6.53. The minimum absolute atomic E-state index is 0.0939. The molecule has 0 radical (unpaired) electrons. The fraction of sp³-hybridized carbons (Fsp3) is 0.412. The molecule has 0 fully saturated rings. The molecule has 0 saturated heterocycles. The molecule has 0 aliphatic carbocycles. The Morgan fingerprint density at radius 3 is 2.17 bits per heavy atom. The predicted molar refractivity (Wildman–Crippen MR) is 76.7 cm³/mol. The number of benzene rings is 2. The quantitative estimate of drug-likeness (QED) is 0.630. The average Bonchev–Trinajstić information content (AvgIpc) is 2.25. The van der Waals surface area contributed by atoms with Gasteiger partial charge in [-0.3, -0.25) is 0 Å². The van der Waals surface area contributed by atoms with E-state index in [0.29, 0.717) is 0 Å². The summed E-state index contributed by atoms with van der Waals surface area (Å²) in [6.07, 6.45) is 0. The molecule has 0 atom stereocenters. The van der Waals surface area contributed by atoms with Gasteiger partial charge < -0.3 is 0 Å². The van der Waals surface area contributed by atoms with Crippen molar-refractivity contribution in [3.8, 4) is 0 Å². The van der Waals surface area contributed by atoms with Crippen molar-refractivity contribution >= 4 is 10.8 Å². The summed E-state index contributed by atoms with van der Waals surface area (Å²) in [5.41, 5.74) is 2.14. The van der Waals surface area contributed by atoms with Crippen molar-refractivity contribution in [3.63, 3.8) is 0 Å². The zero-order valence-corrected chi connectivity index (χ0v) is 11.8. The molecule has 0 aromatic heterocycles. The maximum Gasteiger partial charge on any atom is 0.127 e. The number of halogens is 1. The lowest BCUT2D eigenvalue weighted by molar-refractivity contribution is 0.590. The van der Waals surface area contributed by atoms with Gasteiger partial charge in [0, 0.05) is 0 Å². The molecule has 2 aromatic carbocycles. The van der Waals surface area contributed by atoms with Gasteiger partial charge in [-0.15, -0.1) is 0 Å². The summed E-state index contributed by atoms with van der Waals surface area (Å²) in [6, 6.07) is 9.98. The molecule has 1 heteroatoms. The Labute approximate surface area is 109 Å². The molecule has 0 saturated carbocycles. The molecule has 2 rings (SSSR count). The Bertz CT molecular complexity index is 574. The molecule has 0 bridgehead atoms. The topological polar surface area (TPSA) is 0 Å². The fourth-order valence-electron chi connectivity index (χ4n) is 2.20. The van der Waals surface area contributed by atoms with Crippen molar-refractivity contribution in [3.05, 3.63) is 47.3 Å². The van der Waals surface area contributed by atoms with Crippen molar-refractivity contribution in [2.75, 3.05) is 0 Å². The van der Waals surface area contributed by atoms with Crippen LogP contribution in [-0.4, -0.2) is 0 Å². The van der Waals surface area contributed by atoms with Gasteiger partial charge in [-0.25, -0.2) is 4.39 Å². The van der Waals surface area contributed by atoms with Gasteiger partial charge in [-0.1, -0.05) is 52.8 Å². The summed E-state index contributed by atoms with van der Waals surface area (Å²) in [6.45, 7) is 10.6. The van der Waals surface area contributed by atoms with E-state index in [1.807, 2.05) is 19.9 Å². The third-order valence-corrected chi connectivity index (χ3v) is 3.44. The van der Waals surface area contributed by atoms with Crippen LogP contribution in [0.25, 0.3) is 10.8 Å². The van der Waals surface area contributed by atoms with Gasteiger partial charge in [0.05, 0.1) is 0 Å². The Morgan fingerprint density at radius 1 is 0.944 bits per heavy atom. The predicted octanol–water partition coefficient (Wildman–Crippen LogP) is 5.40. The van der Waals surface area contributed by atoms with Crippen LogP contribution in [0, 0.1) is 5.82 Å². The summed E-state index contributed by atoms with van der Waals surface area (Å²) in [7, 11) is 0. The van der Waals surface area contributed by atoms with Crippen molar-refractivity contribution in [1.82, 2.24) is 0 Å². The first-order chi connectivity index (χ1) is 8.29. The second-order valence-corrected chi connectivity index (χ2v) is 6.34. The summed E-state index contributed by atoms with van der Waals surface area (Å²) in [5.74, 6) is 0.125. The summed E-state index contributed by atoms with van der Waals surface area (Å²) < 4.78 is 14.0. The molecule has 18 heavy (non-hydrogen) atoms. The normalized spacial score (nSPS) is 12.4. The second kappa shape index (κ2) is 4.38. The molecular weight excluding hydrogens is 223 g/mol. The van der Waals surface area contributed by atoms with Crippen LogP contribution in [0.5, 0.6) is 0 Å². The molecule has 0 unspecified atom stereocenters. The van der Waals surface area contributed by atoms with Gasteiger partial charge in [0.15, 0.2) is 0 Å². The number of hydrogen-bond acceptors (Lipinski definition) is 0. The highest BCUT2D eigenvalue weighted by Gasteiger charge is 2.15. The van der Waals surface area contributed by atoms with Crippen LogP contribution in [0.15, 0.2) is 30.3 Å². The minimum atomic E-state index is -0.0939. The van der Waals surface area contributed by atoms with Crippen LogP contribution in [-0.2, 0) is 5.41 Å². The highest BCUT2D eigenvalue weighted by molar-refractivity contribution is 5.84. The fourth-order valence-corrected chi connectivity index (χ4v) is 2.20. The molecule has 0 N–H and O–H groups in total. The van der Waals surface area contributed by atoms with E-state index < -0.39 is 0 Å². The molecular formula is C17H21F. The van der Waals surface area contributed by atoms with Crippen molar-refractivity contribution in [2.45, 2.75) is 46.0 Å². The lowest BCUT2D eigenvalue weighted by atomic mass is 9.85. The van der Waals surface area contributed by atoms with Gasteiger partial charge in [0.1, 0.15) is 5.82 Å². The Balaban J connectivity index is 2.63. The van der Waals surface area contributed by atoms with Gasteiger partial charge in [-0.05, 0) is 45.4 Å². The van der Waals surface area contributed by atoms with Crippen LogP contribution in [0.1, 0.15) is 51.7 Å². The lowest BCUT2D eigenvalue weighted by Crippen LogP contribution is -2.10. The number of rotatable bonds is 1. The SMILES string of the molecule is CC(C)c1cc2ccc(C(C)(C)C)cc2cc1F. The maximum atomic E-state index is 14.0. The highest BCUT2D eigenvalue weighted by Crippen LogP contribution is 2.29. The van der Waals surface area contributed by atoms with Gasteiger partial charge in [0.2, 0.25) is 0 Å². The van der Waals surface area contributed by atoms with Crippen molar-refractivity contribution in [2.24, 2.45) is 0 Å². The highest BCUT2D eigenvalue weighted by atomic mass is 19.1. The minimum Gasteiger partial charge on any atom is -0.207 e. The van der Waals surface area contributed by atoms with E-state index in [2.05, 4.69) is 39.0 Å². The van der Waals surface area contributed by atoms with E-state index in [-0.39, 0.29) is 17.2 Å². The third-order valence-electron chi connectivity index (χ3n) is 3.44. The van der Waals surface area contributed by atoms with E-state index >= 15 is 0 Å². The monoisotopic (exact) mass is 244 g/mol. The van der Waals surface area contributed by atoms with E-state index in [4.69, 9.17) is 0 Å². The summed E-state index contributed by atoms with van der Waals surface area (Å²) in [5, 5.41) is 2.11. The maximum absolute atomic E-state index is 14.0. The number of hydrogen-bond donors (Lipinski definition) is 0. The van der Waals surface area contributed by atoms with Gasteiger partial charge in [0.25, 0.3) is 0 Å². The Kier molecular flexibility index (Phi) is 3.18. The van der Waals surface area contributed by atoms with Gasteiger partial charge in [-0.2, -0.15) is 0 Å². The average molecular weight is 244 g/mol. The van der Waals surface area contributed by atoms with E-state index in [1.54, 1.807) is 6.07 Å². The zero-order chi connectivity index (χ0) is 13.5. The third kappa shape index (κ3) is 2.40. The second-order valence-electron chi connectivity index (χ2n) is 6.34. The largest absolute Gasteiger partial charge is 0.207 e. The molecule has 0 nitrogen and oxygen atoms in total. The first kappa shape index (κ1) is 13.1. The molecule has 96 valence electrons. The molecule has 2 aromatic rings. The van der Waals surface area contributed by atoms with Gasteiger partial charge >= 0.3 is 0 Å². The van der Waals surface area contributed by atoms with E-state index in [9.17, 15) is 4.39 Å². The van der Waals surface area contributed by atoms with Crippen LogP contribution in [0.2, 0.25) is 0 Å².